The number of nitrogens with one attached hydrogen (secondary N) is 1. The number of nitriles is 1. The third-order valence-corrected chi connectivity index (χ3v) is 5.29. The summed E-state index contributed by atoms with van der Waals surface area (Å²) in [6.45, 7) is 2.38. The Hall–Kier alpha value is -3.94. The Morgan fingerprint density at radius 1 is 1.12 bits per heavy atom. The zero-order chi connectivity index (χ0) is 24.7. The molecule has 34 heavy (non-hydrogen) atoms. The fourth-order valence-electron chi connectivity index (χ4n) is 3.51. The van der Waals surface area contributed by atoms with Crippen LogP contribution >= 0.6 is 0 Å². The first-order chi connectivity index (χ1) is 16.4. The van der Waals surface area contributed by atoms with Crippen LogP contribution < -0.4 is 25.2 Å². The molecule has 10 nitrogen and oxygen atoms in total. The number of ether oxygens (including phenoxy) is 3. The summed E-state index contributed by atoms with van der Waals surface area (Å²) in [6.07, 6.45) is -0.824. The maximum absolute atomic E-state index is 13.0. The molecule has 0 spiro atoms. The lowest BCUT2D eigenvalue weighted by Gasteiger charge is -2.14. The van der Waals surface area contributed by atoms with E-state index < -0.39 is 11.8 Å². The first kappa shape index (κ1) is 24.7. The molecule has 0 aliphatic heterocycles. The molecule has 3 aromatic rings. The molecule has 180 valence electrons. The van der Waals surface area contributed by atoms with Gasteiger partial charge in [-0.1, -0.05) is 12.1 Å². The van der Waals surface area contributed by atoms with Crippen molar-refractivity contribution < 1.29 is 24.4 Å². The van der Waals surface area contributed by atoms with Crippen LogP contribution in [0.2, 0.25) is 0 Å². The number of aromatic hydroxyl groups is 1. The van der Waals surface area contributed by atoms with Gasteiger partial charge in [0.2, 0.25) is 5.88 Å². The van der Waals surface area contributed by atoms with E-state index in [0.717, 1.165) is 0 Å². The molecule has 0 amide bonds. The molecule has 0 aliphatic carbocycles. The maximum Gasteiger partial charge on any atom is 0.335 e. The van der Waals surface area contributed by atoms with Gasteiger partial charge >= 0.3 is 5.69 Å². The van der Waals surface area contributed by atoms with Crippen LogP contribution in [0.5, 0.6) is 23.1 Å². The standard InChI is InChI=1S/C24H28N4O6/c1-16-23(30)27(24(31)28(16)18-8-9-21(32-2)22(12-18)33-3)11-10-26-14-19(29)15-34-20-7-5-4-6-17(20)13-25/h4-9,12,19,26,29-30H,10-11,14-15H2,1-3H3. The second-order valence-electron chi connectivity index (χ2n) is 7.49. The minimum absolute atomic E-state index is 0.00563. The number of aliphatic hydroxyl groups is 1. The number of methoxy groups -OCH3 is 2. The predicted octanol–water partition coefficient (Wildman–Crippen LogP) is 1.57. The number of para-hydroxylation sites is 1. The van der Waals surface area contributed by atoms with Gasteiger partial charge in [0.1, 0.15) is 24.5 Å². The number of hydrogen-bond donors (Lipinski definition) is 3. The molecule has 0 saturated heterocycles. The second-order valence-corrected chi connectivity index (χ2v) is 7.49. The van der Waals surface area contributed by atoms with Crippen LogP contribution in [-0.4, -0.2) is 59.4 Å². The summed E-state index contributed by atoms with van der Waals surface area (Å²) in [4.78, 5) is 13.0. The minimum Gasteiger partial charge on any atom is -0.493 e. The number of aliphatic hydroxyl groups excluding tert-OH is 1. The van der Waals surface area contributed by atoms with Crippen molar-refractivity contribution in [1.29, 1.82) is 5.26 Å². The Morgan fingerprint density at radius 2 is 1.85 bits per heavy atom. The molecule has 1 atom stereocenters. The van der Waals surface area contributed by atoms with Gasteiger partial charge in [-0.15, -0.1) is 0 Å². The summed E-state index contributed by atoms with van der Waals surface area (Å²) in [5.74, 6) is 1.27. The van der Waals surface area contributed by atoms with E-state index in [1.54, 1.807) is 49.4 Å². The van der Waals surface area contributed by atoms with Crippen LogP contribution in [-0.2, 0) is 6.54 Å². The fraction of sp³-hybridized carbons (Fsp3) is 0.333. The smallest absolute Gasteiger partial charge is 0.335 e. The molecular weight excluding hydrogens is 440 g/mol. The lowest BCUT2D eigenvalue weighted by Crippen LogP contribution is -2.34. The molecular formula is C24H28N4O6. The molecule has 0 bridgehead atoms. The van der Waals surface area contributed by atoms with Crippen molar-refractivity contribution in [1.82, 2.24) is 14.5 Å². The van der Waals surface area contributed by atoms with E-state index in [9.17, 15) is 15.0 Å². The molecule has 0 aliphatic rings. The van der Waals surface area contributed by atoms with Crippen LogP contribution in [0.1, 0.15) is 11.3 Å². The van der Waals surface area contributed by atoms with Gasteiger partial charge in [-0.3, -0.25) is 9.13 Å². The molecule has 2 aromatic carbocycles. The average molecular weight is 469 g/mol. The van der Waals surface area contributed by atoms with Crippen molar-refractivity contribution in [2.45, 2.75) is 19.6 Å². The predicted molar refractivity (Wildman–Crippen MR) is 125 cm³/mol. The van der Waals surface area contributed by atoms with Gasteiger partial charge in [-0.25, -0.2) is 4.79 Å². The highest BCUT2D eigenvalue weighted by Crippen LogP contribution is 2.30. The summed E-state index contributed by atoms with van der Waals surface area (Å²) in [7, 11) is 3.03. The molecule has 1 heterocycles. The number of nitrogens with zero attached hydrogens (tertiary/aromatic N) is 3. The van der Waals surface area contributed by atoms with Gasteiger partial charge in [0.05, 0.1) is 31.2 Å². The summed E-state index contributed by atoms with van der Waals surface area (Å²) in [6, 6.07) is 13.9. The Morgan fingerprint density at radius 3 is 2.56 bits per heavy atom. The maximum atomic E-state index is 13.0. The van der Waals surface area contributed by atoms with E-state index >= 15 is 0 Å². The second kappa shape index (κ2) is 11.3. The van der Waals surface area contributed by atoms with Crippen molar-refractivity contribution in [3.63, 3.8) is 0 Å². The van der Waals surface area contributed by atoms with Gasteiger partial charge in [0.25, 0.3) is 0 Å². The summed E-state index contributed by atoms with van der Waals surface area (Å²) in [5, 5.41) is 32.8. The van der Waals surface area contributed by atoms with E-state index in [-0.39, 0.29) is 25.6 Å². The normalized spacial score (nSPS) is 11.6. The zero-order valence-electron chi connectivity index (χ0n) is 19.3. The van der Waals surface area contributed by atoms with Crippen LogP contribution in [0, 0.1) is 18.3 Å². The number of rotatable bonds is 11. The van der Waals surface area contributed by atoms with Crippen LogP contribution in [0.3, 0.4) is 0 Å². The Labute approximate surface area is 197 Å². The van der Waals surface area contributed by atoms with Gasteiger partial charge in [0, 0.05) is 25.7 Å². The van der Waals surface area contributed by atoms with Gasteiger partial charge in [0.15, 0.2) is 11.5 Å². The van der Waals surface area contributed by atoms with Gasteiger partial charge < -0.3 is 29.7 Å². The zero-order valence-corrected chi connectivity index (χ0v) is 19.3. The Bertz CT molecular complexity index is 1230. The van der Waals surface area contributed by atoms with Crippen molar-refractivity contribution in [2.75, 3.05) is 33.9 Å². The first-order valence-electron chi connectivity index (χ1n) is 10.7. The summed E-state index contributed by atoms with van der Waals surface area (Å²) in [5.41, 5.74) is 0.919. The number of hydrogen-bond acceptors (Lipinski definition) is 8. The molecule has 1 aromatic heterocycles. The van der Waals surface area contributed by atoms with Crippen LogP contribution in [0.15, 0.2) is 47.3 Å². The van der Waals surface area contributed by atoms with Crippen molar-refractivity contribution >= 4 is 0 Å². The molecule has 0 saturated carbocycles. The van der Waals surface area contributed by atoms with Crippen molar-refractivity contribution in [3.8, 4) is 34.9 Å². The monoisotopic (exact) mass is 468 g/mol. The van der Waals surface area contributed by atoms with E-state index in [2.05, 4.69) is 5.32 Å². The van der Waals surface area contributed by atoms with Crippen molar-refractivity contribution in [3.05, 3.63) is 64.2 Å². The SMILES string of the molecule is COc1ccc(-n2c(C)c(O)n(CCNCC(O)COc3ccccc3C#N)c2=O)cc1OC. The lowest BCUT2D eigenvalue weighted by atomic mass is 10.2. The van der Waals surface area contributed by atoms with E-state index in [0.29, 0.717) is 40.7 Å². The molecule has 10 heteroatoms. The Kier molecular flexibility index (Phi) is 8.19. The molecule has 0 radical (unpaired) electrons. The number of benzene rings is 2. The highest BCUT2D eigenvalue weighted by Gasteiger charge is 2.18. The van der Waals surface area contributed by atoms with E-state index in [1.165, 1.54) is 23.4 Å². The average Bonchev–Trinajstić information content (AvgIpc) is 3.07. The fourth-order valence-corrected chi connectivity index (χ4v) is 3.51. The van der Waals surface area contributed by atoms with Crippen LogP contribution in [0.25, 0.3) is 5.69 Å². The largest absolute Gasteiger partial charge is 0.493 e. The third-order valence-electron chi connectivity index (χ3n) is 5.29. The topological polar surface area (TPSA) is 131 Å². The molecule has 3 N–H and O–H groups in total. The van der Waals surface area contributed by atoms with E-state index in [4.69, 9.17) is 19.5 Å². The van der Waals surface area contributed by atoms with E-state index in [1.807, 2.05) is 6.07 Å². The third kappa shape index (κ3) is 5.33. The minimum atomic E-state index is -0.824. The Balaban J connectivity index is 1.60. The highest BCUT2D eigenvalue weighted by molar-refractivity contribution is 5.50. The molecule has 1 unspecified atom stereocenters. The first-order valence-corrected chi connectivity index (χ1v) is 10.7. The van der Waals surface area contributed by atoms with Crippen LogP contribution in [0.4, 0.5) is 0 Å². The number of imidazole rings is 1. The lowest BCUT2D eigenvalue weighted by molar-refractivity contribution is 0.106. The van der Waals surface area contributed by atoms with Gasteiger partial charge in [-0.05, 0) is 31.2 Å². The quantitative estimate of drug-likeness (QED) is 0.362. The highest BCUT2D eigenvalue weighted by atomic mass is 16.5. The van der Waals surface area contributed by atoms with Gasteiger partial charge in [-0.2, -0.15) is 5.26 Å². The van der Waals surface area contributed by atoms with Crippen molar-refractivity contribution in [2.24, 2.45) is 0 Å². The molecule has 3 rings (SSSR count). The number of aromatic nitrogens is 2. The summed E-state index contributed by atoms with van der Waals surface area (Å²) < 4.78 is 18.7. The summed E-state index contributed by atoms with van der Waals surface area (Å²) >= 11 is 0. The molecule has 0 fully saturated rings.